The molecule has 2 N–H and O–H groups in total. The van der Waals surface area contributed by atoms with Gasteiger partial charge in [-0.3, -0.25) is 4.68 Å². The van der Waals surface area contributed by atoms with Crippen molar-refractivity contribution >= 4 is 17.5 Å². The molecule has 3 aromatic heterocycles. The van der Waals surface area contributed by atoms with Gasteiger partial charge in [0.1, 0.15) is 11.4 Å². The lowest BCUT2D eigenvalue weighted by atomic mass is 10.2. The zero-order valence-electron chi connectivity index (χ0n) is 15.8. The lowest BCUT2D eigenvalue weighted by Gasteiger charge is -2.15. The van der Waals surface area contributed by atoms with Crippen molar-refractivity contribution in [1.82, 2.24) is 34.7 Å². The van der Waals surface area contributed by atoms with E-state index in [1.807, 2.05) is 22.5 Å². The molecule has 3 heterocycles. The Balaban J connectivity index is 1.51. The fourth-order valence-corrected chi connectivity index (χ4v) is 3.68. The van der Waals surface area contributed by atoms with Gasteiger partial charge >= 0.3 is 6.18 Å². The van der Waals surface area contributed by atoms with Crippen molar-refractivity contribution in [2.75, 3.05) is 17.7 Å². The molecule has 0 aromatic carbocycles. The second-order valence-corrected chi connectivity index (χ2v) is 6.92. The summed E-state index contributed by atoms with van der Waals surface area (Å²) in [6, 6.07) is 0.486. The molecule has 3 aromatic rings. The highest BCUT2D eigenvalue weighted by Gasteiger charge is 2.35. The number of nitrogens with one attached hydrogen (secondary N) is 2. The first kappa shape index (κ1) is 19.2. The summed E-state index contributed by atoms with van der Waals surface area (Å²) in [6.45, 7) is 1.90. The lowest BCUT2D eigenvalue weighted by Crippen LogP contribution is -2.13. The van der Waals surface area contributed by atoms with E-state index in [0.29, 0.717) is 5.69 Å². The third-order valence-corrected chi connectivity index (χ3v) is 5.16. The third kappa shape index (κ3) is 3.74. The summed E-state index contributed by atoms with van der Waals surface area (Å²) < 4.78 is 42.8. The minimum atomic E-state index is -4.53. The van der Waals surface area contributed by atoms with Gasteiger partial charge in [0.2, 0.25) is 5.95 Å². The van der Waals surface area contributed by atoms with Crippen LogP contribution < -0.4 is 10.6 Å². The normalized spacial score (nSPS) is 19.5. The van der Waals surface area contributed by atoms with Crippen LogP contribution in [0, 0.1) is 6.92 Å². The standard InChI is InChI=1S/C17H20F3N9/c1-10-14(25-16-22-8-13(17(18,19)20)15(21-2)26-16)9-24-29(10)12-4-3-11(7-12)28-6-5-23-27-28/h5-6,8-9,11-12H,3-4,7H2,1-2H3,(H2,21,22,25,26). The topological polar surface area (TPSA) is 98.4 Å². The first-order chi connectivity index (χ1) is 13.9. The largest absolute Gasteiger partial charge is 0.421 e. The Kier molecular flexibility index (Phi) is 4.84. The predicted octanol–water partition coefficient (Wildman–Crippen LogP) is 3.34. The Hall–Kier alpha value is -3.18. The quantitative estimate of drug-likeness (QED) is 0.669. The van der Waals surface area contributed by atoms with E-state index < -0.39 is 11.7 Å². The molecule has 1 aliphatic rings. The summed E-state index contributed by atoms with van der Waals surface area (Å²) in [5.41, 5.74) is 0.600. The van der Waals surface area contributed by atoms with Crippen LogP contribution in [0.3, 0.4) is 0 Å². The molecule has 2 atom stereocenters. The minimum Gasteiger partial charge on any atom is -0.372 e. The molecule has 1 saturated carbocycles. The summed E-state index contributed by atoms with van der Waals surface area (Å²) >= 11 is 0. The van der Waals surface area contributed by atoms with Crippen LogP contribution in [0.2, 0.25) is 0 Å². The number of aromatic nitrogens is 7. The lowest BCUT2D eigenvalue weighted by molar-refractivity contribution is -0.137. The molecule has 0 bridgehead atoms. The maximum absolute atomic E-state index is 13.0. The molecular formula is C17H20F3N9. The van der Waals surface area contributed by atoms with Gasteiger partial charge in [-0.15, -0.1) is 5.10 Å². The third-order valence-electron chi connectivity index (χ3n) is 5.16. The van der Waals surface area contributed by atoms with Crippen molar-refractivity contribution in [1.29, 1.82) is 0 Å². The van der Waals surface area contributed by atoms with Gasteiger partial charge in [-0.1, -0.05) is 5.21 Å². The van der Waals surface area contributed by atoms with Crippen LogP contribution in [-0.2, 0) is 6.18 Å². The molecule has 0 radical (unpaired) electrons. The van der Waals surface area contributed by atoms with Gasteiger partial charge in [-0.25, -0.2) is 9.67 Å². The van der Waals surface area contributed by atoms with E-state index in [-0.39, 0.29) is 23.8 Å². The summed E-state index contributed by atoms with van der Waals surface area (Å²) in [5.74, 6) is -0.219. The Morgan fingerprint density at radius 1 is 1.17 bits per heavy atom. The number of nitrogens with zero attached hydrogens (tertiary/aromatic N) is 7. The van der Waals surface area contributed by atoms with Gasteiger partial charge in [0.25, 0.3) is 0 Å². The number of hydrogen-bond donors (Lipinski definition) is 2. The molecule has 9 nitrogen and oxygen atoms in total. The number of anilines is 3. The predicted molar refractivity (Wildman–Crippen MR) is 98.8 cm³/mol. The van der Waals surface area contributed by atoms with E-state index in [2.05, 4.69) is 36.0 Å². The molecule has 4 rings (SSSR count). The van der Waals surface area contributed by atoms with Crippen LogP contribution in [0.15, 0.2) is 24.8 Å². The second kappa shape index (κ2) is 7.33. The highest BCUT2D eigenvalue weighted by molar-refractivity contribution is 5.58. The Morgan fingerprint density at radius 2 is 1.97 bits per heavy atom. The molecule has 2 unspecified atom stereocenters. The van der Waals surface area contributed by atoms with Gasteiger partial charge in [-0.2, -0.15) is 23.3 Å². The zero-order chi connectivity index (χ0) is 20.6. The summed E-state index contributed by atoms with van der Waals surface area (Å²) in [4.78, 5) is 7.74. The average molecular weight is 407 g/mol. The van der Waals surface area contributed by atoms with E-state index in [1.54, 1.807) is 12.4 Å². The first-order valence-electron chi connectivity index (χ1n) is 9.15. The van der Waals surface area contributed by atoms with Gasteiger partial charge in [0, 0.05) is 19.4 Å². The van der Waals surface area contributed by atoms with Crippen LogP contribution in [0.1, 0.15) is 42.6 Å². The van der Waals surface area contributed by atoms with Gasteiger partial charge < -0.3 is 10.6 Å². The molecule has 0 aliphatic heterocycles. The van der Waals surface area contributed by atoms with Crippen molar-refractivity contribution in [3.63, 3.8) is 0 Å². The minimum absolute atomic E-state index is 0.0666. The van der Waals surface area contributed by atoms with Crippen molar-refractivity contribution in [2.24, 2.45) is 0 Å². The SMILES string of the molecule is CNc1nc(Nc2cnn(C3CCC(n4ccnn4)C3)c2C)ncc1C(F)(F)F. The second-order valence-electron chi connectivity index (χ2n) is 6.92. The summed E-state index contributed by atoms with van der Waals surface area (Å²) in [7, 11) is 1.39. The number of hydrogen-bond acceptors (Lipinski definition) is 7. The Labute approximate surface area is 164 Å². The molecule has 12 heteroatoms. The maximum Gasteiger partial charge on any atom is 0.421 e. The van der Waals surface area contributed by atoms with E-state index >= 15 is 0 Å². The van der Waals surface area contributed by atoms with Crippen molar-refractivity contribution in [3.8, 4) is 0 Å². The molecule has 1 aliphatic carbocycles. The molecule has 0 amide bonds. The summed E-state index contributed by atoms with van der Waals surface area (Å²) in [6.07, 6.45) is 4.21. The van der Waals surface area contributed by atoms with Gasteiger partial charge in [0.05, 0.1) is 35.9 Å². The molecule has 0 saturated heterocycles. The van der Waals surface area contributed by atoms with E-state index in [0.717, 1.165) is 31.2 Å². The van der Waals surface area contributed by atoms with Crippen molar-refractivity contribution in [3.05, 3.63) is 36.0 Å². The number of halogens is 3. The Morgan fingerprint density at radius 3 is 2.66 bits per heavy atom. The summed E-state index contributed by atoms with van der Waals surface area (Å²) in [5, 5.41) is 17.8. The fraction of sp³-hybridized carbons (Fsp3) is 0.471. The first-order valence-corrected chi connectivity index (χ1v) is 9.15. The van der Waals surface area contributed by atoms with E-state index in [4.69, 9.17) is 0 Å². The fourth-order valence-electron chi connectivity index (χ4n) is 3.68. The van der Waals surface area contributed by atoms with Crippen LogP contribution in [0.5, 0.6) is 0 Å². The van der Waals surface area contributed by atoms with E-state index in [1.165, 1.54) is 7.05 Å². The molecule has 0 spiro atoms. The molecule has 29 heavy (non-hydrogen) atoms. The highest BCUT2D eigenvalue weighted by Crippen LogP contribution is 2.38. The molecule has 1 fully saturated rings. The van der Waals surface area contributed by atoms with Crippen LogP contribution in [0.25, 0.3) is 0 Å². The average Bonchev–Trinajstić information content (AvgIpc) is 3.42. The van der Waals surface area contributed by atoms with Crippen LogP contribution in [-0.4, -0.2) is 41.8 Å². The van der Waals surface area contributed by atoms with Gasteiger partial charge in [0.15, 0.2) is 0 Å². The monoisotopic (exact) mass is 407 g/mol. The van der Waals surface area contributed by atoms with Gasteiger partial charge in [-0.05, 0) is 26.2 Å². The van der Waals surface area contributed by atoms with Crippen LogP contribution in [0.4, 0.5) is 30.6 Å². The molecule has 154 valence electrons. The zero-order valence-corrected chi connectivity index (χ0v) is 15.8. The van der Waals surface area contributed by atoms with Crippen LogP contribution >= 0.6 is 0 Å². The van der Waals surface area contributed by atoms with Crippen molar-refractivity contribution < 1.29 is 13.2 Å². The molecular weight excluding hydrogens is 387 g/mol. The van der Waals surface area contributed by atoms with Crippen molar-refractivity contribution in [2.45, 2.75) is 44.4 Å². The maximum atomic E-state index is 13.0. The highest BCUT2D eigenvalue weighted by atomic mass is 19.4. The smallest absolute Gasteiger partial charge is 0.372 e. The number of rotatable bonds is 5. The van der Waals surface area contributed by atoms with E-state index in [9.17, 15) is 13.2 Å². The number of alkyl halides is 3. The Bertz CT molecular complexity index is 981.